The van der Waals surface area contributed by atoms with E-state index in [-0.39, 0.29) is 0 Å². The molecule has 0 aliphatic carbocycles. The molecule has 0 atom stereocenters. The van der Waals surface area contributed by atoms with E-state index in [0.717, 1.165) is 55.7 Å². The van der Waals surface area contributed by atoms with E-state index in [4.69, 9.17) is 14.7 Å². The number of methoxy groups -OCH3 is 1. The lowest BCUT2D eigenvalue weighted by Crippen LogP contribution is -2.48. The summed E-state index contributed by atoms with van der Waals surface area (Å²) in [6.07, 6.45) is 0. The van der Waals surface area contributed by atoms with Gasteiger partial charge >= 0.3 is 0 Å². The van der Waals surface area contributed by atoms with Crippen LogP contribution in [0, 0.1) is 6.92 Å². The Labute approximate surface area is 235 Å². The number of aromatic amines is 1. The molecule has 3 aromatic rings. The Balaban J connectivity index is 1.62. The smallest absolute Gasteiger partial charge is 0.204 e. The zero-order valence-electron chi connectivity index (χ0n) is 23.4. The highest BCUT2D eigenvalue weighted by Gasteiger charge is 2.25. The van der Waals surface area contributed by atoms with E-state index >= 15 is 0 Å². The van der Waals surface area contributed by atoms with Gasteiger partial charge in [0, 0.05) is 55.9 Å². The minimum absolute atomic E-state index is 0.307. The predicted molar refractivity (Wildman–Crippen MR) is 155 cm³/mol. The number of hydrogen-bond acceptors (Lipinski definition) is 11. The molecule has 4 rings (SSSR count). The third kappa shape index (κ3) is 7.21. The van der Waals surface area contributed by atoms with Gasteiger partial charge in [-0.3, -0.25) is 10.00 Å². The fraction of sp³-hybridized carbons (Fsp3) is 0.500. The number of piperazine rings is 1. The first-order valence-electron chi connectivity index (χ1n) is 13.0. The molecule has 0 unspecified atom stereocenters. The maximum absolute atomic E-state index is 12.5. The van der Waals surface area contributed by atoms with Gasteiger partial charge in [0.15, 0.2) is 32.4 Å². The van der Waals surface area contributed by atoms with Crippen LogP contribution in [-0.2, 0) is 9.84 Å². The zero-order valence-corrected chi connectivity index (χ0v) is 25.1. The third-order valence-electron chi connectivity index (χ3n) is 6.50. The number of rotatable bonds is 11. The molecule has 0 bridgehead atoms. The number of aromatic nitrogens is 4. The Bertz CT molecular complexity index is 1350. The van der Waals surface area contributed by atoms with E-state index in [1.165, 1.54) is 11.8 Å². The van der Waals surface area contributed by atoms with Crippen LogP contribution in [0.1, 0.15) is 19.5 Å². The second-order valence-electron chi connectivity index (χ2n) is 10.1. The van der Waals surface area contributed by atoms with E-state index in [1.54, 1.807) is 45.2 Å². The van der Waals surface area contributed by atoms with Gasteiger partial charge in [0.2, 0.25) is 5.75 Å². The molecule has 11 nitrogen and oxygen atoms in total. The van der Waals surface area contributed by atoms with Gasteiger partial charge < -0.3 is 19.9 Å². The molecule has 0 radical (unpaired) electrons. The summed E-state index contributed by atoms with van der Waals surface area (Å²) in [7, 11) is 2.46. The van der Waals surface area contributed by atoms with E-state index in [9.17, 15) is 8.42 Å². The number of nitrogens with one attached hydrogen (secondary N) is 2. The van der Waals surface area contributed by atoms with E-state index in [2.05, 4.69) is 44.3 Å². The number of hydrogen-bond donors (Lipinski definition) is 2. The first-order chi connectivity index (χ1) is 18.6. The van der Waals surface area contributed by atoms with Gasteiger partial charge in [-0.2, -0.15) is 5.10 Å². The maximum atomic E-state index is 12.5. The van der Waals surface area contributed by atoms with Gasteiger partial charge in [-0.15, -0.1) is 0 Å². The van der Waals surface area contributed by atoms with Gasteiger partial charge in [-0.25, -0.2) is 18.4 Å². The molecule has 2 N–H and O–H groups in total. The standard InChI is InChI=1S/C26H38N8O3S2/c1-18(2)39(35,36)21-9-7-20(8-10-21)38-26-28-24(27-22-17-19(3)30-31-22)23(37-6)25(29-26)34-15-13-33(14-16-34)12-11-32(4)5/h7-10,17-18H,11-16H2,1-6H3,(H2,27,28,29,30,31). The van der Waals surface area contributed by atoms with Crippen LogP contribution in [0.3, 0.4) is 0 Å². The molecule has 1 aromatic carbocycles. The van der Waals surface area contributed by atoms with Crippen molar-refractivity contribution in [1.29, 1.82) is 0 Å². The topological polar surface area (TPSA) is 120 Å². The molecule has 13 heteroatoms. The average molecular weight is 575 g/mol. The SMILES string of the molecule is COc1c(Nc2cc(C)[nH]n2)nc(Sc2ccc(S(=O)(=O)C(C)C)cc2)nc1N1CCN(CCN(C)C)CC1. The van der Waals surface area contributed by atoms with Gasteiger partial charge in [0.05, 0.1) is 17.3 Å². The van der Waals surface area contributed by atoms with Crippen LogP contribution in [0.15, 0.2) is 45.3 Å². The number of H-pyrrole nitrogens is 1. The fourth-order valence-corrected chi connectivity index (χ4v) is 5.97. The van der Waals surface area contributed by atoms with Crippen molar-refractivity contribution in [3.8, 4) is 5.75 Å². The number of ether oxygens (including phenoxy) is 1. The molecular formula is C26H38N8O3S2. The second-order valence-corrected chi connectivity index (χ2v) is 13.6. The Morgan fingerprint density at radius 1 is 1.13 bits per heavy atom. The molecule has 3 heterocycles. The first kappa shape index (κ1) is 29.1. The van der Waals surface area contributed by atoms with Crippen molar-refractivity contribution in [2.24, 2.45) is 0 Å². The Morgan fingerprint density at radius 2 is 1.82 bits per heavy atom. The van der Waals surface area contributed by atoms with Crippen LogP contribution in [0.2, 0.25) is 0 Å². The summed E-state index contributed by atoms with van der Waals surface area (Å²) in [5.74, 6) is 2.42. The Hall–Kier alpha value is -2.87. The van der Waals surface area contributed by atoms with Crippen LogP contribution in [-0.4, -0.2) is 104 Å². The maximum Gasteiger partial charge on any atom is 0.204 e. The molecule has 1 saturated heterocycles. The van der Waals surface area contributed by atoms with E-state index in [1.807, 2.05) is 13.0 Å². The fourth-order valence-electron chi connectivity index (χ4n) is 4.15. The molecule has 2 aromatic heterocycles. The molecule has 39 heavy (non-hydrogen) atoms. The van der Waals surface area contributed by atoms with Crippen molar-refractivity contribution >= 4 is 39.1 Å². The summed E-state index contributed by atoms with van der Waals surface area (Å²) in [5.41, 5.74) is 0.922. The largest absolute Gasteiger partial charge is 0.490 e. The normalized spacial score (nSPS) is 14.8. The van der Waals surface area contributed by atoms with Crippen LogP contribution < -0.4 is 15.0 Å². The summed E-state index contributed by atoms with van der Waals surface area (Å²) in [6.45, 7) is 10.8. The van der Waals surface area contributed by atoms with Gasteiger partial charge in [-0.1, -0.05) is 0 Å². The number of aryl methyl sites for hydroxylation is 1. The highest BCUT2D eigenvalue weighted by molar-refractivity contribution is 7.99. The summed E-state index contributed by atoms with van der Waals surface area (Å²) in [4.78, 5) is 17.7. The number of anilines is 3. The average Bonchev–Trinajstić information content (AvgIpc) is 3.32. The molecule has 0 saturated carbocycles. The summed E-state index contributed by atoms with van der Waals surface area (Å²) in [6, 6.07) is 8.76. The monoisotopic (exact) mass is 574 g/mol. The van der Waals surface area contributed by atoms with Crippen LogP contribution in [0.4, 0.5) is 17.5 Å². The molecular weight excluding hydrogens is 536 g/mol. The van der Waals surface area contributed by atoms with Crippen LogP contribution in [0.25, 0.3) is 0 Å². The molecule has 0 spiro atoms. The second kappa shape index (κ2) is 12.5. The summed E-state index contributed by atoms with van der Waals surface area (Å²) >= 11 is 1.37. The van der Waals surface area contributed by atoms with E-state index < -0.39 is 15.1 Å². The predicted octanol–water partition coefficient (Wildman–Crippen LogP) is 3.28. The first-order valence-corrected chi connectivity index (χ1v) is 15.3. The lowest BCUT2D eigenvalue weighted by atomic mass is 10.3. The molecule has 0 amide bonds. The van der Waals surface area contributed by atoms with Crippen molar-refractivity contribution in [2.75, 3.05) is 70.7 Å². The minimum atomic E-state index is -3.34. The van der Waals surface area contributed by atoms with Crippen LogP contribution >= 0.6 is 11.8 Å². The van der Waals surface area contributed by atoms with Gasteiger partial charge in [0.1, 0.15) is 0 Å². The van der Waals surface area contributed by atoms with Crippen molar-refractivity contribution in [1.82, 2.24) is 30.0 Å². The molecule has 212 valence electrons. The third-order valence-corrected chi connectivity index (χ3v) is 9.54. The van der Waals surface area contributed by atoms with Crippen LogP contribution in [0.5, 0.6) is 5.75 Å². The Kier molecular flexibility index (Phi) is 9.36. The van der Waals surface area contributed by atoms with Crippen molar-refractivity contribution in [3.63, 3.8) is 0 Å². The highest BCUT2D eigenvalue weighted by Crippen LogP contribution is 2.38. The van der Waals surface area contributed by atoms with Gasteiger partial charge in [0.25, 0.3) is 0 Å². The quantitative estimate of drug-likeness (QED) is 0.328. The molecule has 1 aliphatic rings. The molecule has 1 fully saturated rings. The van der Waals surface area contributed by atoms with Crippen molar-refractivity contribution in [2.45, 2.75) is 41.0 Å². The zero-order chi connectivity index (χ0) is 28.2. The van der Waals surface area contributed by atoms with Crippen molar-refractivity contribution < 1.29 is 13.2 Å². The number of benzene rings is 1. The minimum Gasteiger partial charge on any atom is -0.490 e. The summed E-state index contributed by atoms with van der Waals surface area (Å²) < 4.78 is 30.9. The summed E-state index contributed by atoms with van der Waals surface area (Å²) in [5, 5.41) is 10.6. The number of nitrogens with zero attached hydrogens (tertiary/aromatic N) is 6. The van der Waals surface area contributed by atoms with Gasteiger partial charge in [-0.05, 0) is 70.9 Å². The van der Waals surface area contributed by atoms with Crippen molar-refractivity contribution in [3.05, 3.63) is 36.0 Å². The molecule has 1 aliphatic heterocycles. The highest BCUT2D eigenvalue weighted by atomic mass is 32.2. The lowest BCUT2D eigenvalue weighted by Gasteiger charge is -2.36. The lowest BCUT2D eigenvalue weighted by molar-refractivity contribution is 0.228. The Morgan fingerprint density at radius 3 is 2.38 bits per heavy atom. The number of sulfone groups is 1. The van der Waals surface area contributed by atoms with E-state index in [0.29, 0.717) is 27.4 Å². The number of likely N-dealkylation sites (N-methyl/N-ethyl adjacent to an activating group) is 1.